The zero-order chi connectivity index (χ0) is 27.4. The number of carbonyl (C=O) groups excluding carboxylic acids is 2. The lowest BCUT2D eigenvalue weighted by Crippen LogP contribution is -2.37. The van der Waals surface area contributed by atoms with Gasteiger partial charge in [0.15, 0.2) is 5.78 Å². The SMILES string of the molecule is CC(C)(C)C(=O)C(C#N)=c1sc(=Cc2cccc(NC(=O)c3ccc(Cl)cc3)c2)c(=O)n1CC1CCCO1. The smallest absolute Gasteiger partial charge is 0.269 e. The van der Waals surface area contributed by atoms with Crippen LogP contribution in [-0.4, -0.2) is 29.0 Å². The van der Waals surface area contributed by atoms with E-state index in [4.69, 9.17) is 16.3 Å². The van der Waals surface area contributed by atoms with Crippen LogP contribution in [0.3, 0.4) is 0 Å². The number of rotatable bonds is 6. The number of carbonyl (C=O) groups is 2. The molecular formula is C29H28ClN3O4S. The van der Waals surface area contributed by atoms with Gasteiger partial charge in [0.25, 0.3) is 11.5 Å². The Bertz CT molecular complexity index is 1580. The molecule has 1 aromatic heterocycles. The Morgan fingerprint density at radius 3 is 2.61 bits per heavy atom. The summed E-state index contributed by atoms with van der Waals surface area (Å²) < 4.78 is 7.96. The lowest BCUT2D eigenvalue weighted by atomic mass is 9.87. The van der Waals surface area contributed by atoms with Gasteiger partial charge < -0.3 is 10.1 Å². The normalized spacial score (nSPS) is 16.7. The highest BCUT2D eigenvalue weighted by Gasteiger charge is 2.28. The first-order chi connectivity index (χ1) is 18.1. The Labute approximate surface area is 229 Å². The number of benzene rings is 2. The van der Waals surface area contributed by atoms with Crippen molar-refractivity contribution in [1.82, 2.24) is 4.57 Å². The topological polar surface area (TPSA) is 101 Å². The van der Waals surface area contributed by atoms with E-state index in [0.29, 0.717) is 37.6 Å². The Kier molecular flexibility index (Phi) is 8.32. The summed E-state index contributed by atoms with van der Waals surface area (Å²) in [6.45, 7) is 6.15. The molecular weight excluding hydrogens is 522 g/mol. The number of anilines is 1. The maximum absolute atomic E-state index is 13.5. The van der Waals surface area contributed by atoms with Crippen LogP contribution in [0.2, 0.25) is 5.02 Å². The van der Waals surface area contributed by atoms with Crippen LogP contribution in [0.5, 0.6) is 0 Å². The van der Waals surface area contributed by atoms with Crippen molar-refractivity contribution in [2.24, 2.45) is 5.41 Å². The Morgan fingerprint density at radius 2 is 1.97 bits per heavy atom. The molecule has 1 atom stereocenters. The monoisotopic (exact) mass is 549 g/mol. The average Bonchev–Trinajstić information content (AvgIpc) is 3.49. The molecule has 0 radical (unpaired) electrons. The van der Waals surface area contributed by atoms with Gasteiger partial charge in [-0.25, -0.2) is 0 Å². The summed E-state index contributed by atoms with van der Waals surface area (Å²) >= 11 is 7.03. The van der Waals surface area contributed by atoms with Crippen LogP contribution in [0.15, 0.2) is 53.3 Å². The molecule has 196 valence electrons. The van der Waals surface area contributed by atoms with Crippen LogP contribution in [0.4, 0.5) is 5.69 Å². The van der Waals surface area contributed by atoms with Crippen molar-refractivity contribution in [3.8, 4) is 6.07 Å². The number of halogens is 1. The third-order valence-electron chi connectivity index (χ3n) is 6.10. The second kappa shape index (κ2) is 11.5. The lowest BCUT2D eigenvalue weighted by molar-refractivity contribution is -0.120. The molecule has 9 heteroatoms. The Hall–Kier alpha value is -3.51. The van der Waals surface area contributed by atoms with Crippen LogP contribution in [0.1, 0.15) is 49.5 Å². The molecule has 4 rings (SSSR count). The predicted octanol–water partition coefficient (Wildman–Crippen LogP) is 4.11. The van der Waals surface area contributed by atoms with Crippen LogP contribution in [-0.2, 0) is 16.1 Å². The molecule has 1 aliphatic rings. The van der Waals surface area contributed by atoms with E-state index in [1.54, 1.807) is 69.3 Å². The Balaban J connectivity index is 1.76. The number of nitrogens with zero attached hydrogens (tertiary/aromatic N) is 2. The third kappa shape index (κ3) is 6.30. The molecule has 1 N–H and O–H groups in total. The zero-order valence-electron chi connectivity index (χ0n) is 21.4. The molecule has 1 fully saturated rings. The molecule has 2 aromatic carbocycles. The highest BCUT2D eigenvalue weighted by Crippen LogP contribution is 2.20. The van der Waals surface area contributed by atoms with Crippen LogP contribution in [0, 0.1) is 16.7 Å². The molecule has 1 amide bonds. The minimum absolute atomic E-state index is 0.0266. The number of amides is 1. The van der Waals surface area contributed by atoms with Crippen LogP contribution in [0.25, 0.3) is 11.6 Å². The van der Waals surface area contributed by atoms with E-state index in [2.05, 4.69) is 11.4 Å². The molecule has 7 nitrogen and oxygen atoms in total. The fourth-order valence-electron chi connectivity index (χ4n) is 4.10. The molecule has 3 aromatic rings. The van der Waals surface area contributed by atoms with Gasteiger partial charge >= 0.3 is 0 Å². The third-order valence-corrected chi connectivity index (χ3v) is 7.48. The summed E-state index contributed by atoms with van der Waals surface area (Å²) in [6, 6.07) is 15.7. The summed E-state index contributed by atoms with van der Waals surface area (Å²) in [4.78, 5) is 39.2. The summed E-state index contributed by atoms with van der Waals surface area (Å²) in [5.74, 6) is -0.606. The van der Waals surface area contributed by atoms with Crippen molar-refractivity contribution in [2.45, 2.75) is 46.3 Å². The van der Waals surface area contributed by atoms with Crippen molar-refractivity contribution in [3.63, 3.8) is 0 Å². The summed E-state index contributed by atoms with van der Waals surface area (Å²) in [5.41, 5.74) is 0.620. The molecule has 2 heterocycles. The van der Waals surface area contributed by atoms with Gasteiger partial charge in [-0.2, -0.15) is 5.26 Å². The van der Waals surface area contributed by atoms with Crippen molar-refractivity contribution >= 4 is 52.0 Å². The number of ether oxygens (including phenoxy) is 1. The fourth-order valence-corrected chi connectivity index (χ4v) is 5.33. The first-order valence-electron chi connectivity index (χ1n) is 12.3. The maximum Gasteiger partial charge on any atom is 0.269 e. The summed E-state index contributed by atoms with van der Waals surface area (Å²) in [7, 11) is 0. The zero-order valence-corrected chi connectivity index (χ0v) is 23.0. The van der Waals surface area contributed by atoms with E-state index in [1.807, 2.05) is 6.07 Å². The van der Waals surface area contributed by atoms with E-state index in [1.165, 1.54) is 4.57 Å². The van der Waals surface area contributed by atoms with Gasteiger partial charge in [0.2, 0.25) is 0 Å². The maximum atomic E-state index is 13.5. The molecule has 1 unspecified atom stereocenters. The predicted molar refractivity (Wildman–Crippen MR) is 150 cm³/mol. The first-order valence-corrected chi connectivity index (χ1v) is 13.5. The fraction of sp³-hybridized carbons (Fsp3) is 0.310. The number of aromatic nitrogens is 1. The van der Waals surface area contributed by atoms with Crippen LogP contribution < -0.4 is 20.1 Å². The average molecular weight is 550 g/mol. The van der Waals surface area contributed by atoms with E-state index in [-0.39, 0.29) is 35.5 Å². The van der Waals surface area contributed by atoms with Gasteiger partial charge in [-0.15, -0.1) is 11.3 Å². The first kappa shape index (κ1) is 27.5. The summed E-state index contributed by atoms with van der Waals surface area (Å²) in [6.07, 6.45) is 3.27. The molecule has 1 aliphatic heterocycles. The van der Waals surface area contributed by atoms with Crippen molar-refractivity contribution < 1.29 is 14.3 Å². The number of hydrogen-bond acceptors (Lipinski definition) is 6. The van der Waals surface area contributed by atoms with Gasteiger partial charge in [0.05, 0.1) is 17.2 Å². The molecule has 0 aliphatic carbocycles. The van der Waals surface area contributed by atoms with Crippen LogP contribution >= 0.6 is 22.9 Å². The quantitative estimate of drug-likeness (QED) is 0.498. The highest BCUT2D eigenvalue weighted by molar-refractivity contribution is 7.07. The largest absolute Gasteiger partial charge is 0.376 e. The highest BCUT2D eigenvalue weighted by atomic mass is 35.5. The number of ketones is 1. The molecule has 0 saturated carbocycles. The number of nitriles is 1. The summed E-state index contributed by atoms with van der Waals surface area (Å²) in [5, 5.41) is 13.3. The van der Waals surface area contributed by atoms with Gasteiger partial charge in [-0.05, 0) is 60.9 Å². The standard InChI is InChI=1S/C29H28ClN3O4S/c1-29(2,3)25(34)23(16-31)28-33(17-22-8-5-13-37-22)27(36)24(38-28)15-18-6-4-7-21(14-18)32-26(35)19-9-11-20(30)12-10-19/h4,6-7,9-12,14-15,22H,5,8,13,17H2,1-3H3,(H,32,35). The number of Topliss-reactive ketones (excluding diaryl/α,β-unsaturated/α-hetero) is 1. The lowest BCUT2D eigenvalue weighted by Gasteiger charge is -2.16. The van der Waals surface area contributed by atoms with E-state index < -0.39 is 5.41 Å². The van der Waals surface area contributed by atoms with E-state index >= 15 is 0 Å². The molecule has 0 bridgehead atoms. The number of hydrogen-bond donors (Lipinski definition) is 1. The second-order valence-electron chi connectivity index (χ2n) is 10.1. The Morgan fingerprint density at radius 1 is 1.24 bits per heavy atom. The molecule has 0 spiro atoms. The van der Waals surface area contributed by atoms with Gasteiger partial charge in [0.1, 0.15) is 16.3 Å². The van der Waals surface area contributed by atoms with Crippen molar-refractivity contribution in [2.75, 3.05) is 11.9 Å². The molecule has 1 saturated heterocycles. The number of nitrogens with one attached hydrogen (secondary N) is 1. The van der Waals surface area contributed by atoms with Crippen molar-refractivity contribution in [3.05, 3.63) is 84.2 Å². The number of thiazole rings is 1. The molecule has 38 heavy (non-hydrogen) atoms. The van der Waals surface area contributed by atoms with E-state index in [0.717, 1.165) is 24.2 Å². The second-order valence-corrected chi connectivity index (χ2v) is 11.6. The van der Waals surface area contributed by atoms with Gasteiger partial charge in [-0.1, -0.05) is 44.5 Å². The van der Waals surface area contributed by atoms with E-state index in [9.17, 15) is 19.6 Å². The minimum Gasteiger partial charge on any atom is -0.376 e. The van der Waals surface area contributed by atoms with Gasteiger partial charge in [0, 0.05) is 28.3 Å². The van der Waals surface area contributed by atoms with Crippen molar-refractivity contribution in [1.29, 1.82) is 5.26 Å². The minimum atomic E-state index is -0.777. The van der Waals surface area contributed by atoms with Gasteiger partial charge in [-0.3, -0.25) is 19.0 Å².